The van der Waals surface area contributed by atoms with Crippen LogP contribution in [0.1, 0.15) is 17.4 Å². The van der Waals surface area contributed by atoms with E-state index in [0.717, 1.165) is 3.97 Å². The number of amides is 1. The summed E-state index contributed by atoms with van der Waals surface area (Å²) >= 11 is 0. The molecule has 2 heterocycles. The minimum Gasteiger partial charge on any atom is -0.306 e. The lowest BCUT2D eigenvalue weighted by molar-refractivity contribution is 0.0983. The molecule has 0 atom stereocenters. The molecular formula is C13H12N2O3S. The lowest BCUT2D eigenvalue weighted by atomic mass is 10.2. The molecule has 0 unspecified atom stereocenters. The molecule has 0 spiro atoms. The lowest BCUT2D eigenvalue weighted by Crippen LogP contribution is -2.30. The Morgan fingerprint density at radius 1 is 1.11 bits per heavy atom. The van der Waals surface area contributed by atoms with Gasteiger partial charge < -0.3 is 4.90 Å². The predicted octanol–water partition coefficient (Wildman–Crippen LogP) is 1.71. The molecule has 98 valence electrons. The smallest absolute Gasteiger partial charge is 0.275 e. The van der Waals surface area contributed by atoms with E-state index in [1.165, 1.54) is 23.2 Å². The highest BCUT2D eigenvalue weighted by molar-refractivity contribution is 7.90. The standard InChI is InChI=1S/C13H12N2O3S/c1-2-14-10-6-3-4-8-12(10)19(17,18)15-9-5-7-11(15)13(14)16/h3-9H,2H2,1H3. The van der Waals surface area contributed by atoms with E-state index in [2.05, 4.69) is 0 Å². The number of benzene rings is 1. The third kappa shape index (κ3) is 1.53. The number of hydrogen-bond donors (Lipinski definition) is 0. The van der Waals surface area contributed by atoms with Crippen LogP contribution >= 0.6 is 0 Å². The van der Waals surface area contributed by atoms with Crippen molar-refractivity contribution in [3.8, 4) is 0 Å². The zero-order valence-electron chi connectivity index (χ0n) is 10.3. The molecule has 0 saturated carbocycles. The van der Waals surface area contributed by atoms with Gasteiger partial charge >= 0.3 is 0 Å². The van der Waals surface area contributed by atoms with Crippen molar-refractivity contribution in [3.63, 3.8) is 0 Å². The lowest BCUT2D eigenvalue weighted by Gasteiger charge is -2.19. The summed E-state index contributed by atoms with van der Waals surface area (Å²) in [4.78, 5) is 14.1. The SMILES string of the molecule is CCN1C(=O)c2cccn2S(=O)(=O)c2ccccc21. The second kappa shape index (κ2) is 3.96. The van der Waals surface area contributed by atoms with Gasteiger partial charge in [0.05, 0.1) is 5.69 Å². The van der Waals surface area contributed by atoms with Crippen molar-refractivity contribution < 1.29 is 13.2 Å². The maximum Gasteiger partial charge on any atom is 0.275 e. The van der Waals surface area contributed by atoms with Gasteiger partial charge in [0.2, 0.25) is 0 Å². The van der Waals surface area contributed by atoms with E-state index in [4.69, 9.17) is 0 Å². The summed E-state index contributed by atoms with van der Waals surface area (Å²) in [5, 5.41) is 0. The number of fused-ring (bicyclic) bond motifs is 2. The molecule has 0 radical (unpaired) electrons. The number of anilines is 1. The van der Waals surface area contributed by atoms with Crippen molar-refractivity contribution in [3.05, 3.63) is 48.3 Å². The Kier molecular flexibility index (Phi) is 2.50. The van der Waals surface area contributed by atoms with Crippen LogP contribution in [0, 0.1) is 0 Å². The largest absolute Gasteiger partial charge is 0.306 e. The van der Waals surface area contributed by atoms with Crippen molar-refractivity contribution in [2.45, 2.75) is 11.8 Å². The molecule has 0 N–H and O–H groups in total. The van der Waals surface area contributed by atoms with Crippen molar-refractivity contribution in [2.75, 3.05) is 11.4 Å². The number of carbonyl (C=O) groups excluding carboxylic acids is 1. The number of hydrogen-bond acceptors (Lipinski definition) is 3. The first-order valence-corrected chi connectivity index (χ1v) is 7.35. The summed E-state index contributed by atoms with van der Waals surface area (Å²) in [6.07, 6.45) is 1.40. The first-order chi connectivity index (χ1) is 9.07. The first-order valence-electron chi connectivity index (χ1n) is 5.91. The average Bonchev–Trinajstić information content (AvgIpc) is 2.87. The number of para-hydroxylation sites is 1. The Bertz CT molecular complexity index is 762. The van der Waals surface area contributed by atoms with Crippen molar-refractivity contribution in [1.82, 2.24) is 3.97 Å². The van der Waals surface area contributed by atoms with Crippen LogP contribution in [-0.4, -0.2) is 24.8 Å². The van der Waals surface area contributed by atoms with Crippen molar-refractivity contribution in [1.29, 1.82) is 0 Å². The second-order valence-electron chi connectivity index (χ2n) is 4.21. The molecule has 1 aromatic carbocycles. The van der Waals surface area contributed by atoms with E-state index in [1.807, 2.05) is 6.92 Å². The van der Waals surface area contributed by atoms with Gasteiger partial charge in [-0.15, -0.1) is 0 Å². The average molecular weight is 276 g/mol. The molecule has 0 saturated heterocycles. The van der Waals surface area contributed by atoms with Gasteiger partial charge in [-0.25, -0.2) is 12.4 Å². The molecule has 1 amide bonds. The Balaban J connectivity index is 2.43. The highest BCUT2D eigenvalue weighted by Crippen LogP contribution is 2.32. The van der Waals surface area contributed by atoms with Gasteiger partial charge in [0.15, 0.2) is 0 Å². The van der Waals surface area contributed by atoms with Gasteiger partial charge in [-0.05, 0) is 31.2 Å². The van der Waals surface area contributed by atoms with Crippen LogP contribution in [0.15, 0.2) is 47.5 Å². The zero-order chi connectivity index (χ0) is 13.6. The quantitative estimate of drug-likeness (QED) is 0.796. The number of nitrogens with zero attached hydrogens (tertiary/aromatic N) is 2. The van der Waals surface area contributed by atoms with E-state index in [1.54, 1.807) is 24.3 Å². The van der Waals surface area contributed by atoms with Crippen LogP contribution in [0.4, 0.5) is 5.69 Å². The van der Waals surface area contributed by atoms with Crippen LogP contribution in [0.2, 0.25) is 0 Å². The highest BCUT2D eigenvalue weighted by atomic mass is 32.2. The number of carbonyl (C=O) groups is 1. The molecule has 1 aliphatic rings. The summed E-state index contributed by atoms with van der Waals surface area (Å²) in [6.45, 7) is 2.23. The summed E-state index contributed by atoms with van der Waals surface area (Å²) in [7, 11) is -3.72. The fourth-order valence-corrected chi connectivity index (χ4v) is 3.84. The van der Waals surface area contributed by atoms with Crippen molar-refractivity contribution in [2.24, 2.45) is 0 Å². The maximum absolute atomic E-state index is 12.6. The van der Waals surface area contributed by atoms with Crippen LogP contribution < -0.4 is 4.90 Å². The zero-order valence-corrected chi connectivity index (χ0v) is 11.1. The molecule has 0 aliphatic carbocycles. The van der Waals surface area contributed by atoms with E-state index in [0.29, 0.717) is 12.2 Å². The van der Waals surface area contributed by atoms with Gasteiger partial charge in [0.25, 0.3) is 15.9 Å². The highest BCUT2D eigenvalue weighted by Gasteiger charge is 2.33. The monoisotopic (exact) mass is 276 g/mol. The molecule has 0 fully saturated rings. The normalized spacial score (nSPS) is 16.7. The predicted molar refractivity (Wildman–Crippen MR) is 70.8 cm³/mol. The van der Waals surface area contributed by atoms with Crippen LogP contribution in [0.5, 0.6) is 0 Å². The summed E-state index contributed by atoms with van der Waals surface area (Å²) in [5.74, 6) is -0.305. The Morgan fingerprint density at radius 3 is 2.58 bits per heavy atom. The second-order valence-corrected chi connectivity index (χ2v) is 5.99. The molecule has 1 aliphatic heterocycles. The van der Waals surface area contributed by atoms with Crippen molar-refractivity contribution >= 4 is 21.6 Å². The van der Waals surface area contributed by atoms with E-state index in [9.17, 15) is 13.2 Å². The topological polar surface area (TPSA) is 59.4 Å². The molecule has 3 rings (SSSR count). The first kappa shape index (κ1) is 12.0. The van der Waals surface area contributed by atoms with Gasteiger partial charge in [-0.1, -0.05) is 12.1 Å². The molecule has 1 aromatic heterocycles. The maximum atomic E-state index is 12.6. The van der Waals surface area contributed by atoms with Gasteiger partial charge in [0.1, 0.15) is 10.6 Å². The summed E-state index contributed by atoms with van der Waals surface area (Å²) < 4.78 is 26.2. The van der Waals surface area contributed by atoms with Gasteiger partial charge in [0, 0.05) is 12.7 Å². The molecule has 5 nitrogen and oxygen atoms in total. The van der Waals surface area contributed by atoms with E-state index in [-0.39, 0.29) is 16.5 Å². The molecule has 6 heteroatoms. The number of rotatable bonds is 1. The molecule has 2 aromatic rings. The minimum atomic E-state index is -3.72. The Labute approximate surface area is 111 Å². The third-order valence-electron chi connectivity index (χ3n) is 3.19. The Morgan fingerprint density at radius 2 is 1.84 bits per heavy atom. The van der Waals surface area contributed by atoms with Crippen LogP contribution in [0.25, 0.3) is 0 Å². The summed E-state index contributed by atoms with van der Waals surface area (Å²) in [5.41, 5.74) is 0.594. The number of aromatic nitrogens is 1. The minimum absolute atomic E-state index is 0.153. The molecule has 19 heavy (non-hydrogen) atoms. The van der Waals surface area contributed by atoms with Crippen LogP contribution in [-0.2, 0) is 10.0 Å². The molecule has 0 bridgehead atoms. The Hall–Kier alpha value is -2.08. The van der Waals surface area contributed by atoms with E-state index >= 15 is 0 Å². The van der Waals surface area contributed by atoms with Gasteiger partial charge in [-0.2, -0.15) is 0 Å². The van der Waals surface area contributed by atoms with Crippen LogP contribution in [0.3, 0.4) is 0 Å². The van der Waals surface area contributed by atoms with E-state index < -0.39 is 10.0 Å². The third-order valence-corrected chi connectivity index (χ3v) is 4.92. The molecular weight excluding hydrogens is 264 g/mol. The fraction of sp³-hybridized carbons (Fsp3) is 0.154. The summed E-state index contributed by atoms with van der Waals surface area (Å²) in [6, 6.07) is 9.64. The van der Waals surface area contributed by atoms with Gasteiger partial charge in [-0.3, -0.25) is 4.79 Å². The fourth-order valence-electron chi connectivity index (χ4n) is 2.31.